The fourth-order valence-electron chi connectivity index (χ4n) is 2.81. The molecule has 0 radical (unpaired) electrons. The Bertz CT molecular complexity index is 991. The standard InChI is InChI=1S/C19H18Cl2N4O3S/c1-3-28-18-15(20)9-13(10-16(18)21)17(11-24(26)27)29-19-23-22-12(2)25(19)14-7-5-4-6-8-14/h4-10,17H,3,11H2,1-2H3/t17-/m0/s1. The third kappa shape index (κ3) is 5.01. The number of nitrogens with zero attached hydrogens (tertiary/aromatic N) is 4. The van der Waals surface area contributed by atoms with Gasteiger partial charge in [0.2, 0.25) is 6.54 Å². The van der Waals surface area contributed by atoms with E-state index in [1.165, 1.54) is 11.8 Å². The summed E-state index contributed by atoms with van der Waals surface area (Å²) in [6.07, 6.45) is 0. The number of thioether (sulfide) groups is 1. The van der Waals surface area contributed by atoms with Gasteiger partial charge in [0.05, 0.1) is 16.7 Å². The monoisotopic (exact) mass is 452 g/mol. The topological polar surface area (TPSA) is 83.1 Å². The zero-order chi connectivity index (χ0) is 21.0. The number of aryl methyl sites for hydroxylation is 1. The summed E-state index contributed by atoms with van der Waals surface area (Å²) in [7, 11) is 0. The zero-order valence-corrected chi connectivity index (χ0v) is 18.0. The smallest absolute Gasteiger partial charge is 0.220 e. The van der Waals surface area contributed by atoms with Crippen LogP contribution >= 0.6 is 35.0 Å². The van der Waals surface area contributed by atoms with E-state index in [1.54, 1.807) is 12.1 Å². The van der Waals surface area contributed by atoms with E-state index in [4.69, 9.17) is 27.9 Å². The minimum absolute atomic E-state index is 0.309. The Balaban J connectivity index is 1.99. The Hall–Kier alpha value is -2.29. The molecule has 1 atom stereocenters. The van der Waals surface area contributed by atoms with Crippen molar-refractivity contribution >= 4 is 35.0 Å². The van der Waals surface area contributed by atoms with Crippen molar-refractivity contribution in [3.05, 3.63) is 74.0 Å². The van der Waals surface area contributed by atoms with Crippen molar-refractivity contribution in [3.8, 4) is 11.4 Å². The maximum absolute atomic E-state index is 11.3. The molecular weight excluding hydrogens is 435 g/mol. The van der Waals surface area contributed by atoms with Gasteiger partial charge in [0.25, 0.3) is 0 Å². The van der Waals surface area contributed by atoms with Crippen molar-refractivity contribution in [2.24, 2.45) is 0 Å². The first-order valence-corrected chi connectivity index (χ1v) is 10.4. The maximum atomic E-state index is 11.3. The largest absolute Gasteiger partial charge is 0.491 e. The Morgan fingerprint density at radius 3 is 2.45 bits per heavy atom. The fraction of sp³-hybridized carbons (Fsp3) is 0.263. The zero-order valence-electron chi connectivity index (χ0n) is 15.7. The highest BCUT2D eigenvalue weighted by molar-refractivity contribution is 7.99. The molecule has 0 unspecified atom stereocenters. The highest BCUT2D eigenvalue weighted by Crippen LogP contribution is 2.41. The summed E-state index contributed by atoms with van der Waals surface area (Å²) in [5.74, 6) is 1.05. The molecule has 0 bridgehead atoms. The average Bonchev–Trinajstić information content (AvgIpc) is 3.04. The molecule has 3 rings (SSSR count). The van der Waals surface area contributed by atoms with E-state index in [0.29, 0.717) is 38.9 Å². The van der Waals surface area contributed by atoms with Crippen LogP contribution in [0, 0.1) is 17.0 Å². The molecule has 7 nitrogen and oxygen atoms in total. The van der Waals surface area contributed by atoms with Crippen LogP contribution in [-0.4, -0.2) is 32.8 Å². The van der Waals surface area contributed by atoms with Gasteiger partial charge in [-0.3, -0.25) is 14.7 Å². The second-order valence-electron chi connectivity index (χ2n) is 6.07. The van der Waals surface area contributed by atoms with E-state index >= 15 is 0 Å². The Morgan fingerprint density at radius 1 is 1.21 bits per heavy atom. The minimum atomic E-state index is -0.568. The lowest BCUT2D eigenvalue weighted by Gasteiger charge is -2.16. The van der Waals surface area contributed by atoms with E-state index in [1.807, 2.05) is 48.7 Å². The highest BCUT2D eigenvalue weighted by atomic mass is 35.5. The molecule has 0 aliphatic rings. The van der Waals surface area contributed by atoms with Crippen LogP contribution in [0.5, 0.6) is 5.75 Å². The van der Waals surface area contributed by atoms with Gasteiger partial charge in [0.1, 0.15) is 11.1 Å². The van der Waals surface area contributed by atoms with Crippen LogP contribution in [0.4, 0.5) is 0 Å². The molecule has 2 aromatic carbocycles. The number of hydrogen-bond donors (Lipinski definition) is 0. The number of para-hydroxylation sites is 1. The Kier molecular flexibility index (Phi) is 7.00. The third-order valence-corrected chi connectivity index (χ3v) is 5.80. The van der Waals surface area contributed by atoms with E-state index in [-0.39, 0.29) is 11.5 Å². The maximum Gasteiger partial charge on any atom is 0.220 e. The number of halogens is 2. The molecule has 152 valence electrons. The molecule has 29 heavy (non-hydrogen) atoms. The van der Waals surface area contributed by atoms with Gasteiger partial charge in [-0.15, -0.1) is 10.2 Å². The summed E-state index contributed by atoms with van der Waals surface area (Å²) in [5, 5.41) is 20.3. The van der Waals surface area contributed by atoms with E-state index < -0.39 is 5.25 Å². The van der Waals surface area contributed by atoms with Gasteiger partial charge in [-0.1, -0.05) is 53.2 Å². The first-order chi connectivity index (χ1) is 13.9. The van der Waals surface area contributed by atoms with Crippen LogP contribution in [0.2, 0.25) is 10.0 Å². The van der Waals surface area contributed by atoms with Crippen LogP contribution < -0.4 is 4.74 Å². The van der Waals surface area contributed by atoms with Crippen LogP contribution in [0.15, 0.2) is 47.6 Å². The summed E-state index contributed by atoms with van der Waals surface area (Å²) in [6, 6.07) is 12.9. The third-order valence-electron chi connectivity index (χ3n) is 4.05. The minimum Gasteiger partial charge on any atom is -0.491 e. The fourth-order valence-corrected chi connectivity index (χ4v) is 4.58. The number of benzene rings is 2. The van der Waals surface area contributed by atoms with Crippen LogP contribution in [0.1, 0.15) is 23.6 Å². The normalized spacial score (nSPS) is 12.0. The van der Waals surface area contributed by atoms with E-state index in [0.717, 1.165) is 5.69 Å². The molecule has 0 fully saturated rings. The average molecular weight is 453 g/mol. The first kappa shape index (κ1) is 21.4. The molecule has 0 N–H and O–H groups in total. The second kappa shape index (κ2) is 9.47. The molecule has 1 heterocycles. The molecule has 10 heteroatoms. The molecule has 0 saturated heterocycles. The molecule has 0 aliphatic heterocycles. The quantitative estimate of drug-likeness (QED) is 0.258. The molecule has 0 spiro atoms. The lowest BCUT2D eigenvalue weighted by Crippen LogP contribution is -2.11. The van der Waals surface area contributed by atoms with Crippen molar-refractivity contribution in [1.82, 2.24) is 14.8 Å². The predicted octanol–water partition coefficient (Wildman–Crippen LogP) is 5.39. The highest BCUT2D eigenvalue weighted by Gasteiger charge is 2.25. The molecule has 0 saturated carbocycles. The number of rotatable bonds is 8. The van der Waals surface area contributed by atoms with E-state index in [2.05, 4.69) is 10.2 Å². The lowest BCUT2D eigenvalue weighted by atomic mass is 10.1. The summed E-state index contributed by atoms with van der Waals surface area (Å²) in [5.41, 5.74) is 1.49. The number of aromatic nitrogens is 3. The summed E-state index contributed by atoms with van der Waals surface area (Å²) in [6.45, 7) is 3.74. The van der Waals surface area contributed by atoms with Crippen molar-refractivity contribution < 1.29 is 9.66 Å². The number of nitro groups is 1. The SMILES string of the molecule is CCOc1c(Cl)cc([C@H](C[N+](=O)[O-])Sc2nnc(C)n2-c2ccccc2)cc1Cl. The molecule has 3 aromatic rings. The van der Waals surface area contributed by atoms with Crippen molar-refractivity contribution in [1.29, 1.82) is 0 Å². The molecule has 0 amide bonds. The van der Waals surface area contributed by atoms with Gasteiger partial charge in [0.15, 0.2) is 10.9 Å². The van der Waals surface area contributed by atoms with Gasteiger partial charge >= 0.3 is 0 Å². The Labute approximate surface area is 182 Å². The van der Waals surface area contributed by atoms with Gasteiger partial charge in [0, 0.05) is 10.6 Å². The van der Waals surface area contributed by atoms with Gasteiger partial charge in [-0.2, -0.15) is 0 Å². The second-order valence-corrected chi connectivity index (χ2v) is 8.05. The number of hydrogen-bond acceptors (Lipinski definition) is 6. The Morgan fingerprint density at radius 2 is 1.86 bits per heavy atom. The van der Waals surface area contributed by atoms with Crippen molar-refractivity contribution in [2.75, 3.05) is 13.2 Å². The predicted molar refractivity (Wildman–Crippen MR) is 114 cm³/mol. The number of ether oxygens (including phenoxy) is 1. The van der Waals surface area contributed by atoms with E-state index in [9.17, 15) is 10.1 Å². The van der Waals surface area contributed by atoms with Crippen LogP contribution in [0.3, 0.4) is 0 Å². The first-order valence-electron chi connectivity index (χ1n) is 8.78. The lowest BCUT2D eigenvalue weighted by molar-refractivity contribution is -0.479. The van der Waals surface area contributed by atoms with Crippen LogP contribution in [-0.2, 0) is 0 Å². The molecule has 1 aromatic heterocycles. The molecular formula is C19H18Cl2N4O3S. The van der Waals surface area contributed by atoms with Gasteiger partial charge < -0.3 is 4.74 Å². The van der Waals surface area contributed by atoms with Crippen LogP contribution in [0.25, 0.3) is 5.69 Å². The summed E-state index contributed by atoms with van der Waals surface area (Å²) >= 11 is 13.9. The van der Waals surface area contributed by atoms with Gasteiger partial charge in [-0.25, -0.2) is 0 Å². The van der Waals surface area contributed by atoms with Crippen molar-refractivity contribution in [2.45, 2.75) is 24.3 Å². The van der Waals surface area contributed by atoms with Crippen molar-refractivity contribution in [3.63, 3.8) is 0 Å². The van der Waals surface area contributed by atoms with Gasteiger partial charge in [-0.05, 0) is 43.7 Å². The summed E-state index contributed by atoms with van der Waals surface area (Å²) < 4.78 is 7.31. The summed E-state index contributed by atoms with van der Waals surface area (Å²) in [4.78, 5) is 11.0. The molecule has 0 aliphatic carbocycles.